The van der Waals surface area contributed by atoms with E-state index < -0.39 is 0 Å². The summed E-state index contributed by atoms with van der Waals surface area (Å²) in [7, 11) is 0. The van der Waals surface area contributed by atoms with Crippen LogP contribution in [0.25, 0.3) is 0 Å². The van der Waals surface area contributed by atoms with Crippen LogP contribution in [0.4, 0.5) is 4.39 Å². The van der Waals surface area contributed by atoms with Gasteiger partial charge in [-0.3, -0.25) is 4.90 Å². The molecule has 0 amide bonds. The number of hydrogen-bond acceptors (Lipinski definition) is 2. The summed E-state index contributed by atoms with van der Waals surface area (Å²) in [6, 6.07) is 5.01. The lowest BCUT2D eigenvalue weighted by Crippen LogP contribution is -2.39. The largest absolute Gasteiger partial charge is 0.329 e. The van der Waals surface area contributed by atoms with E-state index in [0.29, 0.717) is 17.6 Å². The monoisotopic (exact) mass is 272 g/mol. The Hall–Kier alpha value is -0.640. The molecule has 102 valence electrons. The van der Waals surface area contributed by atoms with E-state index in [1.165, 1.54) is 12.1 Å². The molecule has 0 aliphatic heterocycles. The lowest BCUT2D eigenvalue weighted by atomic mass is 10.0. The minimum absolute atomic E-state index is 0.0122. The quantitative estimate of drug-likeness (QED) is 0.857. The Morgan fingerprint density at radius 3 is 2.44 bits per heavy atom. The van der Waals surface area contributed by atoms with E-state index in [4.69, 9.17) is 17.3 Å². The summed E-state index contributed by atoms with van der Waals surface area (Å²) in [5.41, 5.74) is 6.72. The van der Waals surface area contributed by atoms with Gasteiger partial charge in [-0.1, -0.05) is 18.5 Å². The van der Waals surface area contributed by atoms with Gasteiger partial charge in [0.15, 0.2) is 0 Å². The smallest absolute Gasteiger partial charge is 0.125 e. The Morgan fingerprint density at radius 2 is 2.00 bits per heavy atom. The fraction of sp³-hybridized carbons (Fsp3) is 0.571. The first kappa shape index (κ1) is 15.4. The van der Waals surface area contributed by atoms with Gasteiger partial charge in [0.05, 0.1) is 0 Å². The fourth-order valence-corrected chi connectivity index (χ4v) is 2.49. The second-order valence-electron chi connectivity index (χ2n) is 4.79. The van der Waals surface area contributed by atoms with E-state index in [0.717, 1.165) is 18.5 Å². The standard InChI is InChI=1S/C14H22ClFN2/c1-4-5-18(10(2)3)14(9-17)11-6-12(15)8-13(16)7-11/h6-8,10,14H,4-5,9,17H2,1-3H3. The van der Waals surface area contributed by atoms with Gasteiger partial charge in [0.1, 0.15) is 5.82 Å². The highest BCUT2D eigenvalue weighted by Gasteiger charge is 2.21. The first-order valence-electron chi connectivity index (χ1n) is 6.41. The predicted octanol–water partition coefficient (Wildman–Crippen LogP) is 3.60. The van der Waals surface area contributed by atoms with Gasteiger partial charge in [-0.05, 0) is 50.6 Å². The van der Waals surface area contributed by atoms with Gasteiger partial charge in [-0.25, -0.2) is 4.39 Å². The molecular formula is C14H22ClFN2. The summed E-state index contributed by atoms with van der Waals surface area (Å²) in [5, 5.41) is 0.420. The van der Waals surface area contributed by atoms with E-state index in [9.17, 15) is 4.39 Å². The molecule has 0 heterocycles. The Morgan fingerprint density at radius 1 is 1.33 bits per heavy atom. The van der Waals surface area contributed by atoms with E-state index in [-0.39, 0.29) is 11.9 Å². The molecule has 0 aliphatic carbocycles. The molecule has 0 fully saturated rings. The van der Waals surface area contributed by atoms with Crippen molar-refractivity contribution in [1.29, 1.82) is 0 Å². The summed E-state index contributed by atoms with van der Waals surface area (Å²) in [4.78, 5) is 2.28. The van der Waals surface area contributed by atoms with Crippen molar-refractivity contribution in [3.8, 4) is 0 Å². The molecule has 0 saturated carbocycles. The van der Waals surface area contributed by atoms with E-state index in [1.807, 2.05) is 0 Å². The minimum Gasteiger partial charge on any atom is -0.329 e. The lowest BCUT2D eigenvalue weighted by molar-refractivity contribution is 0.157. The van der Waals surface area contributed by atoms with Crippen molar-refractivity contribution < 1.29 is 4.39 Å². The Balaban J connectivity index is 3.06. The number of rotatable bonds is 6. The second-order valence-corrected chi connectivity index (χ2v) is 5.22. The molecule has 18 heavy (non-hydrogen) atoms. The Labute approximate surface area is 114 Å². The number of halogens is 2. The van der Waals surface area contributed by atoms with Gasteiger partial charge >= 0.3 is 0 Å². The maximum Gasteiger partial charge on any atom is 0.125 e. The van der Waals surface area contributed by atoms with Crippen LogP contribution in [0.1, 0.15) is 38.8 Å². The van der Waals surface area contributed by atoms with E-state index in [2.05, 4.69) is 25.7 Å². The molecule has 2 nitrogen and oxygen atoms in total. The zero-order chi connectivity index (χ0) is 13.7. The molecule has 1 aromatic rings. The molecule has 0 saturated heterocycles. The number of benzene rings is 1. The zero-order valence-corrected chi connectivity index (χ0v) is 12.0. The third-order valence-corrected chi connectivity index (χ3v) is 3.26. The van der Waals surface area contributed by atoms with Crippen LogP contribution in [0.2, 0.25) is 5.02 Å². The van der Waals surface area contributed by atoms with Crippen molar-refractivity contribution in [3.63, 3.8) is 0 Å². The highest BCUT2D eigenvalue weighted by molar-refractivity contribution is 6.30. The van der Waals surface area contributed by atoms with Crippen LogP contribution in [-0.2, 0) is 0 Å². The Kier molecular flexibility index (Phi) is 6.06. The molecule has 0 radical (unpaired) electrons. The molecule has 0 bridgehead atoms. The third-order valence-electron chi connectivity index (χ3n) is 3.04. The average Bonchev–Trinajstić information content (AvgIpc) is 2.27. The zero-order valence-electron chi connectivity index (χ0n) is 11.3. The van der Waals surface area contributed by atoms with Crippen molar-refractivity contribution in [3.05, 3.63) is 34.6 Å². The second kappa shape index (κ2) is 7.07. The van der Waals surface area contributed by atoms with Crippen molar-refractivity contribution in [2.75, 3.05) is 13.1 Å². The molecule has 0 aromatic heterocycles. The van der Waals surface area contributed by atoms with Crippen LogP contribution in [0, 0.1) is 5.82 Å². The van der Waals surface area contributed by atoms with Gasteiger partial charge in [0, 0.05) is 23.7 Å². The number of nitrogens with zero attached hydrogens (tertiary/aromatic N) is 1. The van der Waals surface area contributed by atoms with Crippen LogP contribution in [-0.4, -0.2) is 24.0 Å². The summed E-state index contributed by atoms with van der Waals surface area (Å²) in [6.07, 6.45) is 1.04. The molecule has 1 atom stereocenters. The Bertz CT molecular complexity index is 362. The summed E-state index contributed by atoms with van der Waals surface area (Å²) in [5.74, 6) is -0.309. The van der Waals surface area contributed by atoms with Crippen LogP contribution < -0.4 is 5.73 Å². The van der Waals surface area contributed by atoms with Crippen LogP contribution in [0.3, 0.4) is 0 Å². The van der Waals surface area contributed by atoms with Gasteiger partial charge in [0.2, 0.25) is 0 Å². The predicted molar refractivity (Wildman–Crippen MR) is 75.3 cm³/mol. The lowest BCUT2D eigenvalue weighted by Gasteiger charge is -2.34. The highest BCUT2D eigenvalue weighted by Crippen LogP contribution is 2.25. The van der Waals surface area contributed by atoms with Crippen molar-refractivity contribution >= 4 is 11.6 Å². The molecule has 1 rings (SSSR count). The van der Waals surface area contributed by atoms with Gasteiger partial charge in [-0.2, -0.15) is 0 Å². The molecule has 0 aliphatic rings. The fourth-order valence-electron chi connectivity index (χ4n) is 2.26. The minimum atomic E-state index is -0.309. The summed E-state index contributed by atoms with van der Waals surface area (Å²) < 4.78 is 13.4. The molecular weight excluding hydrogens is 251 g/mol. The molecule has 4 heteroatoms. The van der Waals surface area contributed by atoms with Crippen LogP contribution in [0.5, 0.6) is 0 Å². The normalized spacial score (nSPS) is 13.3. The first-order valence-corrected chi connectivity index (χ1v) is 6.79. The SMILES string of the molecule is CCCN(C(C)C)C(CN)c1cc(F)cc(Cl)c1. The third kappa shape index (κ3) is 3.94. The maximum atomic E-state index is 13.4. The highest BCUT2D eigenvalue weighted by atomic mass is 35.5. The number of nitrogens with two attached hydrogens (primary N) is 1. The topological polar surface area (TPSA) is 29.3 Å². The maximum absolute atomic E-state index is 13.4. The average molecular weight is 273 g/mol. The summed E-state index contributed by atoms with van der Waals surface area (Å²) >= 11 is 5.91. The first-order chi connectivity index (χ1) is 8.49. The molecule has 1 aromatic carbocycles. The van der Waals surface area contributed by atoms with E-state index >= 15 is 0 Å². The van der Waals surface area contributed by atoms with Gasteiger partial charge in [-0.15, -0.1) is 0 Å². The van der Waals surface area contributed by atoms with Crippen LogP contribution >= 0.6 is 11.6 Å². The summed E-state index contributed by atoms with van der Waals surface area (Å²) in [6.45, 7) is 7.77. The van der Waals surface area contributed by atoms with Gasteiger partial charge < -0.3 is 5.73 Å². The van der Waals surface area contributed by atoms with E-state index in [1.54, 1.807) is 6.07 Å². The van der Waals surface area contributed by atoms with Crippen molar-refractivity contribution in [2.45, 2.75) is 39.3 Å². The van der Waals surface area contributed by atoms with Crippen LogP contribution in [0.15, 0.2) is 18.2 Å². The molecule has 2 N–H and O–H groups in total. The molecule has 1 unspecified atom stereocenters. The van der Waals surface area contributed by atoms with Gasteiger partial charge in [0.25, 0.3) is 0 Å². The molecule has 0 spiro atoms. The van der Waals surface area contributed by atoms with Crippen molar-refractivity contribution in [2.24, 2.45) is 5.73 Å². The number of hydrogen-bond donors (Lipinski definition) is 1. The van der Waals surface area contributed by atoms with Crippen molar-refractivity contribution in [1.82, 2.24) is 4.90 Å².